The van der Waals surface area contributed by atoms with E-state index in [1.165, 1.54) is 12.1 Å². The lowest BCUT2D eigenvalue weighted by Gasteiger charge is -2.38. The van der Waals surface area contributed by atoms with Crippen molar-refractivity contribution >= 4 is 6.09 Å². The Morgan fingerprint density at radius 2 is 1.61 bits per heavy atom. The first-order chi connectivity index (χ1) is 16.2. The van der Waals surface area contributed by atoms with Crippen LogP contribution in [-0.2, 0) is 4.74 Å². The van der Waals surface area contributed by atoms with Crippen molar-refractivity contribution in [3.63, 3.8) is 0 Å². The molecule has 0 bridgehead atoms. The summed E-state index contributed by atoms with van der Waals surface area (Å²) in [7, 11) is 0. The van der Waals surface area contributed by atoms with Crippen molar-refractivity contribution in [2.75, 3.05) is 19.7 Å². The van der Waals surface area contributed by atoms with Gasteiger partial charge in [-0.2, -0.15) is 0 Å². The van der Waals surface area contributed by atoms with Crippen molar-refractivity contribution in [1.82, 2.24) is 4.90 Å². The van der Waals surface area contributed by atoms with Crippen LogP contribution in [0, 0.1) is 11.7 Å². The zero-order valence-corrected chi connectivity index (χ0v) is 17.9. The van der Waals surface area contributed by atoms with E-state index in [4.69, 9.17) is 18.9 Å². The highest BCUT2D eigenvalue weighted by Gasteiger charge is 2.35. The molecule has 2 aliphatic heterocycles. The third-order valence-corrected chi connectivity index (χ3v) is 5.98. The monoisotopic (exact) mass is 449 g/mol. The Morgan fingerprint density at radius 3 is 2.30 bits per heavy atom. The lowest BCUT2D eigenvalue weighted by Crippen LogP contribution is -2.46. The van der Waals surface area contributed by atoms with Gasteiger partial charge >= 0.3 is 12.6 Å². The molecule has 0 unspecified atom stereocenters. The normalized spacial score (nSPS) is 20.0. The van der Waals surface area contributed by atoms with E-state index >= 15 is 0 Å². The van der Waals surface area contributed by atoms with Gasteiger partial charge in [0, 0.05) is 19.0 Å². The number of nitrogens with zero attached hydrogens (tertiary/aromatic N) is 1. The fourth-order valence-corrected chi connectivity index (χ4v) is 4.32. The lowest BCUT2D eigenvalue weighted by molar-refractivity contribution is -0.186. The van der Waals surface area contributed by atoms with Crippen molar-refractivity contribution in [3.8, 4) is 17.2 Å². The second-order valence-electron chi connectivity index (χ2n) is 8.14. The van der Waals surface area contributed by atoms with Gasteiger partial charge in [-0.25, -0.2) is 9.18 Å². The van der Waals surface area contributed by atoms with E-state index in [-0.39, 0.29) is 17.7 Å². The summed E-state index contributed by atoms with van der Waals surface area (Å²) in [6.45, 7) is 0.429. The van der Waals surface area contributed by atoms with Gasteiger partial charge < -0.3 is 23.8 Å². The first kappa shape index (κ1) is 21.3. The minimum atomic E-state index is -0.845. The summed E-state index contributed by atoms with van der Waals surface area (Å²) in [5.74, 6) is 1.53. The zero-order valence-electron chi connectivity index (χ0n) is 17.9. The first-order valence-corrected chi connectivity index (χ1v) is 11.0. The van der Waals surface area contributed by atoms with Gasteiger partial charge in [0.15, 0.2) is 11.5 Å². The van der Waals surface area contributed by atoms with Crippen molar-refractivity contribution in [2.24, 2.45) is 5.92 Å². The van der Waals surface area contributed by atoms with Gasteiger partial charge in [-0.15, -0.1) is 0 Å². The number of fused-ring (bicyclic) bond motifs is 1. The Balaban J connectivity index is 1.27. The highest BCUT2D eigenvalue weighted by atomic mass is 19.1. The van der Waals surface area contributed by atoms with Crippen LogP contribution >= 0.6 is 0 Å². The molecule has 3 aromatic rings. The van der Waals surface area contributed by atoms with Gasteiger partial charge in [0.25, 0.3) is 0 Å². The van der Waals surface area contributed by atoms with Crippen molar-refractivity contribution in [2.45, 2.75) is 18.8 Å². The predicted octanol–water partition coefficient (Wildman–Crippen LogP) is 5.20. The largest absolute Gasteiger partial charge is 0.428 e. The molecule has 0 N–H and O–H groups in total. The van der Waals surface area contributed by atoms with E-state index in [0.717, 1.165) is 5.56 Å². The molecule has 3 aromatic carbocycles. The maximum atomic E-state index is 13.5. The quantitative estimate of drug-likeness (QED) is 0.536. The predicted molar refractivity (Wildman–Crippen MR) is 119 cm³/mol. The summed E-state index contributed by atoms with van der Waals surface area (Å²) in [4.78, 5) is 14.5. The van der Waals surface area contributed by atoms with Gasteiger partial charge in [-0.3, -0.25) is 0 Å². The van der Waals surface area contributed by atoms with Crippen LogP contribution in [0.3, 0.4) is 0 Å². The molecule has 0 aromatic heterocycles. The molecule has 170 valence electrons. The Morgan fingerprint density at radius 1 is 0.939 bits per heavy atom. The van der Waals surface area contributed by atoms with Gasteiger partial charge in [0.2, 0.25) is 0 Å². The summed E-state index contributed by atoms with van der Waals surface area (Å²) in [5, 5.41) is 0. The average Bonchev–Trinajstić information content (AvgIpc) is 3.27. The number of carbonyl (C=O) groups excluding carboxylic acids is 1. The number of likely N-dealkylation sites (tertiary alicyclic amines) is 1. The number of para-hydroxylation sites is 3. The number of hydrogen-bond acceptors (Lipinski definition) is 5. The molecule has 1 fully saturated rings. The summed E-state index contributed by atoms with van der Waals surface area (Å²) < 4.78 is 36.4. The van der Waals surface area contributed by atoms with E-state index in [9.17, 15) is 9.18 Å². The van der Waals surface area contributed by atoms with E-state index in [2.05, 4.69) is 0 Å². The van der Waals surface area contributed by atoms with Crippen LogP contribution in [0.15, 0.2) is 78.9 Å². The number of halogens is 1. The van der Waals surface area contributed by atoms with E-state index < -0.39 is 12.6 Å². The molecular formula is C26H24FNO5. The Kier molecular flexibility index (Phi) is 6.13. The maximum absolute atomic E-state index is 13.5. The van der Waals surface area contributed by atoms with E-state index in [1.54, 1.807) is 29.2 Å². The van der Waals surface area contributed by atoms with Crippen LogP contribution in [0.2, 0.25) is 0 Å². The number of benzene rings is 3. The molecule has 33 heavy (non-hydrogen) atoms. The first-order valence-electron chi connectivity index (χ1n) is 11.0. The second kappa shape index (κ2) is 9.50. The molecule has 2 aliphatic rings. The molecule has 7 heteroatoms. The fraction of sp³-hybridized carbons (Fsp3) is 0.269. The van der Waals surface area contributed by atoms with Gasteiger partial charge in [-0.1, -0.05) is 42.5 Å². The molecule has 0 spiro atoms. The second-order valence-corrected chi connectivity index (χ2v) is 8.14. The van der Waals surface area contributed by atoms with Crippen molar-refractivity contribution in [3.05, 3.63) is 90.2 Å². The molecule has 0 aliphatic carbocycles. The summed E-state index contributed by atoms with van der Waals surface area (Å²) in [6, 6.07) is 22.9. The van der Waals surface area contributed by atoms with Crippen LogP contribution in [0.4, 0.5) is 9.18 Å². The van der Waals surface area contributed by atoms with Crippen molar-refractivity contribution < 1.29 is 28.1 Å². The van der Waals surface area contributed by atoms with E-state index in [1.807, 2.05) is 42.5 Å². The number of piperidine rings is 1. The summed E-state index contributed by atoms with van der Waals surface area (Å²) in [5.41, 5.74) is 1.01. The van der Waals surface area contributed by atoms with Crippen LogP contribution < -0.4 is 14.2 Å². The molecule has 2 heterocycles. The van der Waals surface area contributed by atoms with Crippen LogP contribution in [0.5, 0.6) is 17.2 Å². The number of carbonyl (C=O) groups is 1. The average molecular weight is 449 g/mol. The van der Waals surface area contributed by atoms with Gasteiger partial charge in [0.1, 0.15) is 11.6 Å². The minimum Gasteiger partial charge on any atom is -0.428 e. The topological polar surface area (TPSA) is 57.2 Å². The molecule has 0 radical (unpaired) electrons. The van der Waals surface area contributed by atoms with Gasteiger partial charge in [-0.05, 0) is 54.3 Å². The van der Waals surface area contributed by atoms with Gasteiger partial charge in [0.05, 0.1) is 6.61 Å². The molecule has 1 saturated heterocycles. The third-order valence-electron chi connectivity index (χ3n) is 5.98. The van der Waals surface area contributed by atoms with Crippen LogP contribution in [0.25, 0.3) is 0 Å². The standard InChI is InChI=1S/C26H24FNO5/c27-20-12-10-18(11-13-20)22-14-15-28(25(29)31-21-6-2-1-3-7-21)16-19(22)17-30-26-32-23-8-4-5-9-24(23)33-26/h1-13,19,22,26H,14-17H2/t19-,22-/m0/s1. The summed E-state index contributed by atoms with van der Waals surface area (Å²) in [6.07, 6.45) is 0.306. The molecule has 6 nitrogen and oxygen atoms in total. The van der Waals surface area contributed by atoms with Crippen molar-refractivity contribution in [1.29, 1.82) is 0 Å². The minimum absolute atomic E-state index is 0.0524. The Hall–Kier alpha value is -3.58. The highest BCUT2D eigenvalue weighted by molar-refractivity contribution is 5.70. The number of rotatable bonds is 5. The Bertz CT molecular complexity index is 1070. The smallest absolute Gasteiger partial charge is 0.415 e. The maximum Gasteiger partial charge on any atom is 0.415 e. The number of hydrogen-bond donors (Lipinski definition) is 0. The highest BCUT2D eigenvalue weighted by Crippen LogP contribution is 2.37. The Labute approximate surface area is 191 Å². The SMILES string of the molecule is O=C(Oc1ccccc1)N1CC[C@@H](c2ccc(F)cc2)[C@H](COC2Oc3ccccc3O2)C1. The summed E-state index contributed by atoms with van der Waals surface area (Å²) >= 11 is 0. The molecule has 0 saturated carbocycles. The molecule has 5 rings (SSSR count). The number of ether oxygens (including phenoxy) is 4. The molecule has 1 amide bonds. The fourth-order valence-electron chi connectivity index (χ4n) is 4.32. The van der Waals surface area contributed by atoms with Crippen LogP contribution in [-0.4, -0.2) is 37.2 Å². The molecular weight excluding hydrogens is 425 g/mol. The lowest BCUT2D eigenvalue weighted by atomic mass is 9.81. The molecule has 2 atom stereocenters. The third kappa shape index (κ3) is 4.93. The zero-order chi connectivity index (χ0) is 22.6. The number of amides is 1. The van der Waals surface area contributed by atoms with E-state index in [0.29, 0.717) is 43.4 Å². The van der Waals surface area contributed by atoms with Crippen LogP contribution in [0.1, 0.15) is 17.9 Å².